The van der Waals surface area contributed by atoms with E-state index in [1.165, 1.54) is 0 Å². The second kappa shape index (κ2) is 7.06. The number of aromatic amines is 1. The highest BCUT2D eigenvalue weighted by Gasteiger charge is 2.32. The fraction of sp³-hybridized carbons (Fsp3) is 0.450. The van der Waals surface area contributed by atoms with E-state index >= 15 is 0 Å². The molecule has 27 heavy (non-hydrogen) atoms. The third-order valence-electron chi connectivity index (χ3n) is 5.52. The summed E-state index contributed by atoms with van der Waals surface area (Å²) in [6.45, 7) is 3.95. The van der Waals surface area contributed by atoms with Crippen LogP contribution >= 0.6 is 0 Å². The molecule has 7 heteroatoms. The number of amides is 1. The van der Waals surface area contributed by atoms with Crippen molar-refractivity contribution in [1.29, 1.82) is 0 Å². The van der Waals surface area contributed by atoms with Gasteiger partial charge in [0.1, 0.15) is 11.6 Å². The molecule has 3 heterocycles. The van der Waals surface area contributed by atoms with Crippen molar-refractivity contribution in [1.82, 2.24) is 9.97 Å². The summed E-state index contributed by atoms with van der Waals surface area (Å²) in [4.78, 5) is 34.9. The van der Waals surface area contributed by atoms with Gasteiger partial charge in [0.25, 0.3) is 5.56 Å². The standard InChI is InChI=1S/C20H24N4O3/c1-12-6-8-24(9-7-12)20-22-18-17(19(26)23-20)15(11-16(25)21-18)13-4-3-5-14(10-13)27-2/h3-5,10,12,15H,6-9,11H2,1-2H3,(H2,21,22,23,25,26)/t15-/m0/s1. The van der Waals surface area contributed by atoms with E-state index < -0.39 is 0 Å². The third kappa shape index (κ3) is 3.41. The van der Waals surface area contributed by atoms with Gasteiger partial charge in [0.15, 0.2) is 0 Å². The Morgan fingerprint density at radius 3 is 2.74 bits per heavy atom. The highest BCUT2D eigenvalue weighted by Crippen LogP contribution is 2.35. The molecule has 2 aliphatic rings. The maximum absolute atomic E-state index is 12.9. The molecule has 1 fully saturated rings. The minimum absolute atomic E-state index is 0.133. The molecular formula is C20H24N4O3. The summed E-state index contributed by atoms with van der Waals surface area (Å²) in [5.41, 5.74) is 1.19. The van der Waals surface area contributed by atoms with Crippen LogP contribution in [0.4, 0.5) is 11.8 Å². The number of rotatable bonds is 3. The monoisotopic (exact) mass is 368 g/mol. The lowest BCUT2D eigenvalue weighted by Gasteiger charge is -2.32. The lowest BCUT2D eigenvalue weighted by Crippen LogP contribution is -2.37. The number of carbonyl (C=O) groups is 1. The number of piperidine rings is 1. The lowest BCUT2D eigenvalue weighted by atomic mass is 9.87. The fourth-order valence-electron chi connectivity index (χ4n) is 3.87. The van der Waals surface area contributed by atoms with Gasteiger partial charge in [-0.2, -0.15) is 4.98 Å². The minimum atomic E-state index is -0.337. The summed E-state index contributed by atoms with van der Waals surface area (Å²) in [7, 11) is 1.60. The van der Waals surface area contributed by atoms with Crippen LogP contribution in [-0.4, -0.2) is 36.1 Å². The number of methoxy groups -OCH3 is 1. The lowest BCUT2D eigenvalue weighted by molar-refractivity contribution is -0.116. The average molecular weight is 368 g/mol. The first-order valence-corrected chi connectivity index (χ1v) is 9.38. The molecule has 7 nitrogen and oxygen atoms in total. The van der Waals surface area contributed by atoms with Gasteiger partial charge >= 0.3 is 0 Å². The first kappa shape index (κ1) is 17.6. The number of hydrogen-bond acceptors (Lipinski definition) is 5. The number of H-pyrrole nitrogens is 1. The van der Waals surface area contributed by atoms with Gasteiger partial charge < -0.3 is 15.0 Å². The number of anilines is 2. The Morgan fingerprint density at radius 1 is 1.22 bits per heavy atom. The van der Waals surface area contributed by atoms with Crippen LogP contribution < -0.4 is 20.5 Å². The van der Waals surface area contributed by atoms with Crippen LogP contribution in [0.15, 0.2) is 29.1 Å². The van der Waals surface area contributed by atoms with E-state index in [4.69, 9.17) is 4.74 Å². The first-order chi connectivity index (χ1) is 13.0. The summed E-state index contributed by atoms with van der Waals surface area (Å²) < 4.78 is 5.29. The van der Waals surface area contributed by atoms with E-state index in [-0.39, 0.29) is 23.8 Å². The van der Waals surface area contributed by atoms with Crippen molar-refractivity contribution < 1.29 is 9.53 Å². The Labute approximate surface area is 157 Å². The van der Waals surface area contributed by atoms with E-state index in [0.29, 0.717) is 29.0 Å². The number of nitrogens with one attached hydrogen (secondary N) is 2. The second-order valence-electron chi connectivity index (χ2n) is 7.40. The van der Waals surface area contributed by atoms with Crippen LogP contribution in [-0.2, 0) is 4.79 Å². The number of fused-ring (bicyclic) bond motifs is 1. The van der Waals surface area contributed by atoms with Gasteiger partial charge in [-0.15, -0.1) is 0 Å². The summed E-state index contributed by atoms with van der Waals surface area (Å²) in [5.74, 6) is 1.82. The minimum Gasteiger partial charge on any atom is -0.497 e. The molecule has 1 aromatic carbocycles. The molecule has 1 amide bonds. The van der Waals surface area contributed by atoms with Gasteiger partial charge in [0.05, 0.1) is 12.7 Å². The van der Waals surface area contributed by atoms with Crippen LogP contribution in [0.25, 0.3) is 0 Å². The molecule has 0 bridgehead atoms. The topological polar surface area (TPSA) is 87.3 Å². The number of hydrogen-bond donors (Lipinski definition) is 2. The Hall–Kier alpha value is -2.83. The number of nitrogens with zero attached hydrogens (tertiary/aromatic N) is 2. The van der Waals surface area contributed by atoms with Crippen molar-refractivity contribution in [3.63, 3.8) is 0 Å². The Balaban J connectivity index is 1.73. The third-order valence-corrected chi connectivity index (χ3v) is 5.52. The van der Waals surface area contributed by atoms with Crippen LogP contribution in [0.5, 0.6) is 5.75 Å². The highest BCUT2D eigenvalue weighted by molar-refractivity contribution is 5.94. The molecule has 1 aromatic heterocycles. The van der Waals surface area contributed by atoms with Crippen molar-refractivity contribution >= 4 is 17.7 Å². The number of benzene rings is 1. The van der Waals surface area contributed by atoms with Crippen molar-refractivity contribution in [2.45, 2.75) is 32.1 Å². The number of ether oxygens (including phenoxy) is 1. The summed E-state index contributed by atoms with van der Waals surface area (Å²) in [6.07, 6.45) is 2.35. The summed E-state index contributed by atoms with van der Waals surface area (Å²) in [6, 6.07) is 7.49. The van der Waals surface area contributed by atoms with Crippen LogP contribution in [0.1, 0.15) is 43.2 Å². The molecule has 1 atom stereocenters. The number of carbonyl (C=O) groups excluding carboxylic acids is 1. The van der Waals surface area contributed by atoms with Gasteiger partial charge in [-0.1, -0.05) is 19.1 Å². The Bertz CT molecular complexity index is 916. The van der Waals surface area contributed by atoms with Crippen molar-refractivity contribution in [3.05, 3.63) is 45.7 Å². The zero-order valence-electron chi connectivity index (χ0n) is 15.6. The molecule has 4 rings (SSSR count). The van der Waals surface area contributed by atoms with Crippen LogP contribution in [0, 0.1) is 5.92 Å². The fourth-order valence-corrected chi connectivity index (χ4v) is 3.87. The normalized spacial score (nSPS) is 20.1. The smallest absolute Gasteiger partial charge is 0.258 e. The number of aromatic nitrogens is 2. The van der Waals surface area contributed by atoms with Crippen LogP contribution in [0.2, 0.25) is 0 Å². The van der Waals surface area contributed by atoms with Crippen molar-refractivity contribution in [3.8, 4) is 5.75 Å². The zero-order valence-corrected chi connectivity index (χ0v) is 15.6. The quantitative estimate of drug-likeness (QED) is 0.869. The molecule has 0 saturated carbocycles. The predicted molar refractivity (Wildman–Crippen MR) is 104 cm³/mol. The first-order valence-electron chi connectivity index (χ1n) is 9.38. The summed E-state index contributed by atoms with van der Waals surface area (Å²) in [5, 5.41) is 2.79. The predicted octanol–water partition coefficient (Wildman–Crippen LogP) is 2.49. The molecule has 0 radical (unpaired) electrons. The molecule has 0 spiro atoms. The second-order valence-corrected chi connectivity index (χ2v) is 7.40. The maximum atomic E-state index is 12.9. The molecule has 2 aliphatic heterocycles. The van der Waals surface area contributed by atoms with E-state index in [9.17, 15) is 9.59 Å². The summed E-state index contributed by atoms with van der Waals surface area (Å²) >= 11 is 0. The van der Waals surface area contributed by atoms with Gasteiger partial charge in [-0.3, -0.25) is 14.6 Å². The van der Waals surface area contributed by atoms with E-state index in [0.717, 1.165) is 31.5 Å². The average Bonchev–Trinajstić information content (AvgIpc) is 2.67. The van der Waals surface area contributed by atoms with Crippen LogP contribution in [0.3, 0.4) is 0 Å². The largest absolute Gasteiger partial charge is 0.497 e. The van der Waals surface area contributed by atoms with Gasteiger partial charge in [0, 0.05) is 25.4 Å². The van der Waals surface area contributed by atoms with Gasteiger partial charge in [-0.25, -0.2) is 0 Å². The zero-order chi connectivity index (χ0) is 19.0. The molecule has 142 valence electrons. The molecule has 2 aromatic rings. The van der Waals surface area contributed by atoms with E-state index in [2.05, 4.69) is 27.1 Å². The van der Waals surface area contributed by atoms with E-state index in [1.54, 1.807) is 7.11 Å². The van der Waals surface area contributed by atoms with Gasteiger partial charge in [0.2, 0.25) is 11.9 Å². The van der Waals surface area contributed by atoms with Crippen molar-refractivity contribution in [2.24, 2.45) is 5.92 Å². The van der Waals surface area contributed by atoms with Crippen molar-refractivity contribution in [2.75, 3.05) is 30.4 Å². The van der Waals surface area contributed by atoms with Gasteiger partial charge in [-0.05, 0) is 36.5 Å². The highest BCUT2D eigenvalue weighted by atomic mass is 16.5. The maximum Gasteiger partial charge on any atom is 0.258 e. The molecule has 0 aliphatic carbocycles. The SMILES string of the molecule is COc1cccc([C@@H]2CC(=O)Nc3nc(N4CCC(C)CC4)[nH]c(=O)c32)c1. The molecule has 0 unspecified atom stereocenters. The Morgan fingerprint density at radius 2 is 2.00 bits per heavy atom. The molecule has 1 saturated heterocycles. The molecule has 2 N–H and O–H groups in total. The Kier molecular flexibility index (Phi) is 4.59. The van der Waals surface area contributed by atoms with E-state index in [1.807, 2.05) is 24.3 Å². The molecular weight excluding hydrogens is 344 g/mol.